The number of nitrogens with zero attached hydrogens (tertiary/aromatic N) is 1. The molecule has 0 aliphatic carbocycles. The van der Waals surface area contributed by atoms with E-state index in [2.05, 4.69) is 11.9 Å². The molecule has 0 unspecified atom stereocenters. The lowest BCUT2D eigenvalue weighted by molar-refractivity contribution is -0.107. The number of aromatic nitrogens is 1. The van der Waals surface area contributed by atoms with E-state index in [1.807, 2.05) is 20.0 Å². The van der Waals surface area contributed by atoms with Crippen molar-refractivity contribution in [1.82, 2.24) is 4.98 Å². The van der Waals surface area contributed by atoms with E-state index in [9.17, 15) is 4.79 Å². The Bertz CT molecular complexity index is 233. The highest BCUT2D eigenvalue weighted by molar-refractivity contribution is 7.11. The van der Waals surface area contributed by atoms with Gasteiger partial charge in [0.2, 0.25) is 0 Å². The number of hydrogen-bond acceptors (Lipinski definition) is 3. The summed E-state index contributed by atoms with van der Waals surface area (Å²) in [4.78, 5) is 15.4. The van der Waals surface area contributed by atoms with Crippen LogP contribution in [0.1, 0.15) is 37.1 Å². The van der Waals surface area contributed by atoms with Gasteiger partial charge in [-0.3, -0.25) is 0 Å². The smallest absolute Gasteiger partial charge is 0.120 e. The van der Waals surface area contributed by atoms with Crippen molar-refractivity contribution in [2.24, 2.45) is 0 Å². The van der Waals surface area contributed by atoms with Crippen molar-refractivity contribution in [3.63, 3.8) is 0 Å². The molecule has 0 atom stereocenters. The molecule has 1 aromatic heterocycles. The van der Waals surface area contributed by atoms with Gasteiger partial charge in [0, 0.05) is 17.5 Å². The van der Waals surface area contributed by atoms with E-state index < -0.39 is 0 Å². The van der Waals surface area contributed by atoms with E-state index in [1.165, 1.54) is 4.88 Å². The van der Waals surface area contributed by atoms with Crippen LogP contribution in [0.4, 0.5) is 0 Å². The molecule has 0 fully saturated rings. The summed E-state index contributed by atoms with van der Waals surface area (Å²) in [6.45, 7) is 6.09. The third kappa shape index (κ3) is 4.78. The van der Waals surface area contributed by atoms with Crippen molar-refractivity contribution in [2.75, 3.05) is 0 Å². The van der Waals surface area contributed by atoms with Crippen LogP contribution >= 0.6 is 11.3 Å². The number of aldehydes is 1. The lowest BCUT2D eigenvalue weighted by atomic mass is 10.3. The lowest BCUT2D eigenvalue weighted by Gasteiger charge is -1.85. The maximum absolute atomic E-state index is 10.0. The first-order valence-electron chi connectivity index (χ1n) is 4.74. The molecule has 0 amide bonds. The molecule has 0 N–H and O–H groups in total. The zero-order valence-corrected chi connectivity index (χ0v) is 9.36. The van der Waals surface area contributed by atoms with Crippen molar-refractivity contribution in [3.05, 3.63) is 16.1 Å². The van der Waals surface area contributed by atoms with Crippen molar-refractivity contribution < 1.29 is 4.79 Å². The zero-order valence-electron chi connectivity index (χ0n) is 8.54. The van der Waals surface area contributed by atoms with E-state index in [4.69, 9.17) is 0 Å². The van der Waals surface area contributed by atoms with Gasteiger partial charge in [0.15, 0.2) is 0 Å². The maximum atomic E-state index is 10.0. The summed E-state index contributed by atoms with van der Waals surface area (Å²) in [6, 6.07) is 0. The molecule has 0 aromatic carbocycles. The average molecular weight is 199 g/mol. The molecule has 0 saturated heterocycles. The molecule has 0 saturated carbocycles. The summed E-state index contributed by atoms with van der Waals surface area (Å²) in [7, 11) is 0. The Hall–Kier alpha value is -0.700. The highest BCUT2D eigenvalue weighted by atomic mass is 32.1. The second kappa shape index (κ2) is 7.92. The van der Waals surface area contributed by atoms with E-state index in [0.29, 0.717) is 6.42 Å². The quantitative estimate of drug-likeness (QED) is 0.698. The Morgan fingerprint density at radius 3 is 2.69 bits per heavy atom. The van der Waals surface area contributed by atoms with Gasteiger partial charge in [-0.05, 0) is 12.8 Å². The van der Waals surface area contributed by atoms with E-state index in [1.54, 1.807) is 11.3 Å². The first-order valence-corrected chi connectivity index (χ1v) is 5.55. The molecular formula is C10H17NOS. The predicted molar refractivity (Wildman–Crippen MR) is 57.2 cm³/mol. The van der Waals surface area contributed by atoms with Crippen molar-refractivity contribution in [1.29, 1.82) is 0 Å². The minimum Gasteiger partial charge on any atom is -0.303 e. The molecule has 13 heavy (non-hydrogen) atoms. The van der Waals surface area contributed by atoms with Gasteiger partial charge in [-0.2, -0.15) is 0 Å². The van der Waals surface area contributed by atoms with Crippen LogP contribution in [-0.2, 0) is 17.6 Å². The molecule has 0 radical (unpaired) electrons. The van der Waals surface area contributed by atoms with Crippen LogP contribution in [-0.4, -0.2) is 11.3 Å². The largest absolute Gasteiger partial charge is 0.303 e. The highest BCUT2D eigenvalue weighted by Crippen LogP contribution is 2.14. The third-order valence-electron chi connectivity index (χ3n) is 1.41. The van der Waals surface area contributed by atoms with Gasteiger partial charge >= 0.3 is 0 Å². The molecule has 0 aliphatic rings. The third-order valence-corrected chi connectivity index (χ3v) is 2.61. The zero-order chi connectivity index (χ0) is 10.1. The molecule has 1 aromatic rings. The Kier molecular flexibility index (Phi) is 7.50. The summed E-state index contributed by atoms with van der Waals surface area (Å²) >= 11 is 1.70. The van der Waals surface area contributed by atoms with Gasteiger partial charge in [0.25, 0.3) is 0 Å². The van der Waals surface area contributed by atoms with Gasteiger partial charge in [-0.25, -0.2) is 4.98 Å². The van der Waals surface area contributed by atoms with Crippen LogP contribution in [0, 0.1) is 0 Å². The first-order chi connectivity index (χ1) is 6.36. The highest BCUT2D eigenvalue weighted by Gasteiger charge is 1.98. The Labute approximate surface area is 84.0 Å². The normalized spacial score (nSPS) is 8.85. The van der Waals surface area contributed by atoms with Gasteiger partial charge in [-0.1, -0.05) is 20.8 Å². The fourth-order valence-corrected chi connectivity index (χ4v) is 1.71. The Morgan fingerprint density at radius 2 is 2.23 bits per heavy atom. The van der Waals surface area contributed by atoms with Crippen LogP contribution in [0.25, 0.3) is 0 Å². The van der Waals surface area contributed by atoms with Crippen LogP contribution in [0.2, 0.25) is 0 Å². The molecular weight excluding hydrogens is 182 g/mol. The first kappa shape index (κ1) is 12.3. The number of carbonyl (C=O) groups excluding carboxylic acids is 1. The van der Waals surface area contributed by atoms with Gasteiger partial charge < -0.3 is 4.79 Å². The number of rotatable bonds is 4. The fraction of sp³-hybridized carbons (Fsp3) is 0.600. The SMILES string of the molecule is CC.CCc1ncc(CCC=O)s1. The molecule has 0 spiro atoms. The van der Waals surface area contributed by atoms with Crippen LogP contribution < -0.4 is 0 Å². The number of thiazole rings is 1. The monoisotopic (exact) mass is 199 g/mol. The van der Waals surface area contributed by atoms with Crippen molar-refractivity contribution in [3.8, 4) is 0 Å². The predicted octanol–water partition coefficient (Wildman–Crippen LogP) is 2.86. The van der Waals surface area contributed by atoms with Crippen LogP contribution in [0.3, 0.4) is 0 Å². The fourth-order valence-electron chi connectivity index (χ4n) is 0.828. The summed E-state index contributed by atoms with van der Waals surface area (Å²) < 4.78 is 0. The lowest BCUT2D eigenvalue weighted by Crippen LogP contribution is -1.79. The summed E-state index contributed by atoms with van der Waals surface area (Å²) in [5, 5.41) is 1.16. The van der Waals surface area contributed by atoms with Gasteiger partial charge in [0.05, 0.1) is 5.01 Å². The summed E-state index contributed by atoms with van der Waals surface area (Å²) in [5.41, 5.74) is 0. The minimum absolute atomic E-state index is 0.616. The molecule has 1 rings (SSSR count). The van der Waals surface area contributed by atoms with Gasteiger partial charge in [0.1, 0.15) is 6.29 Å². The standard InChI is InChI=1S/C8H11NOS.C2H6/c1-2-8-9-6-7(11-8)4-3-5-10;1-2/h5-6H,2-4H2,1H3;1-2H3. The van der Waals surface area contributed by atoms with Crippen molar-refractivity contribution >= 4 is 17.6 Å². The van der Waals surface area contributed by atoms with Crippen molar-refractivity contribution in [2.45, 2.75) is 40.0 Å². The molecule has 74 valence electrons. The number of hydrogen-bond donors (Lipinski definition) is 0. The Balaban J connectivity index is 0.000000671. The Morgan fingerprint density at radius 1 is 1.54 bits per heavy atom. The second-order valence-electron chi connectivity index (χ2n) is 2.28. The summed E-state index contributed by atoms with van der Waals surface area (Å²) in [5.74, 6) is 0. The van der Waals surface area contributed by atoms with Gasteiger partial charge in [-0.15, -0.1) is 11.3 Å². The summed E-state index contributed by atoms with van der Waals surface area (Å²) in [6.07, 6.45) is 5.27. The molecule has 2 nitrogen and oxygen atoms in total. The molecule has 0 aliphatic heterocycles. The van der Waals surface area contributed by atoms with E-state index in [-0.39, 0.29) is 0 Å². The topological polar surface area (TPSA) is 30.0 Å². The molecule has 0 bridgehead atoms. The van der Waals surface area contributed by atoms with E-state index >= 15 is 0 Å². The van der Waals surface area contributed by atoms with Crippen LogP contribution in [0.5, 0.6) is 0 Å². The number of aryl methyl sites for hydroxylation is 2. The minimum atomic E-state index is 0.616. The molecule has 3 heteroatoms. The number of carbonyl (C=O) groups is 1. The van der Waals surface area contributed by atoms with Crippen LogP contribution in [0.15, 0.2) is 6.20 Å². The average Bonchev–Trinajstić information content (AvgIpc) is 2.65. The van der Waals surface area contributed by atoms with E-state index in [0.717, 1.165) is 24.1 Å². The molecule has 1 heterocycles. The maximum Gasteiger partial charge on any atom is 0.120 e. The second-order valence-corrected chi connectivity index (χ2v) is 3.48.